The smallest absolute Gasteiger partial charge is 0.330 e. The van der Waals surface area contributed by atoms with Gasteiger partial charge in [0.2, 0.25) is 0 Å². The van der Waals surface area contributed by atoms with Crippen LogP contribution in [0.2, 0.25) is 0 Å². The van der Waals surface area contributed by atoms with Crippen LogP contribution in [0, 0.1) is 0 Å². The van der Waals surface area contributed by atoms with Crippen molar-refractivity contribution < 1.29 is 19.1 Å². The second-order valence-corrected chi connectivity index (χ2v) is 5.16. The highest BCUT2D eigenvalue weighted by atomic mass is 79.9. The highest BCUT2D eigenvalue weighted by molar-refractivity contribution is 9.11. The molecule has 0 spiro atoms. The molecule has 0 unspecified atom stereocenters. The monoisotopic (exact) mass is 390 g/mol. The Balaban J connectivity index is 2.68. The highest BCUT2D eigenvalue weighted by Gasteiger charge is 2.09. The van der Waals surface area contributed by atoms with Crippen LogP contribution in [0.5, 0.6) is 5.75 Å². The molecule has 4 nitrogen and oxygen atoms in total. The minimum absolute atomic E-state index is 0.167. The van der Waals surface area contributed by atoms with Gasteiger partial charge in [-0.05, 0) is 41.1 Å². The molecule has 0 aliphatic rings. The molecular weight excluding hydrogens is 380 g/mol. The lowest BCUT2D eigenvalue weighted by Gasteiger charge is -2.09. The van der Waals surface area contributed by atoms with E-state index in [-0.39, 0.29) is 6.61 Å². The van der Waals surface area contributed by atoms with Gasteiger partial charge in [0.25, 0.3) is 0 Å². The summed E-state index contributed by atoms with van der Waals surface area (Å²) in [6.07, 6.45) is 3.53. The van der Waals surface area contributed by atoms with E-state index in [1.807, 2.05) is 0 Å². The van der Waals surface area contributed by atoms with Gasteiger partial charge in [-0.25, -0.2) is 4.79 Å². The van der Waals surface area contributed by atoms with Crippen LogP contribution in [0.25, 0.3) is 0 Å². The minimum Gasteiger partial charge on any atom is -0.488 e. The highest BCUT2D eigenvalue weighted by Crippen LogP contribution is 2.31. The Hall–Kier alpha value is -1.14. The van der Waals surface area contributed by atoms with E-state index < -0.39 is 5.97 Å². The fraction of sp³-hybridized carbons (Fsp3) is 0.231. The second-order valence-electron chi connectivity index (χ2n) is 3.39. The molecule has 1 rings (SSSR count). The van der Waals surface area contributed by atoms with Crippen LogP contribution in [0.1, 0.15) is 17.3 Å². The quantitative estimate of drug-likeness (QED) is 0.423. The van der Waals surface area contributed by atoms with Crippen LogP contribution in [0.4, 0.5) is 0 Å². The van der Waals surface area contributed by atoms with Crippen LogP contribution in [-0.4, -0.2) is 25.5 Å². The first kappa shape index (κ1) is 15.9. The van der Waals surface area contributed by atoms with Crippen molar-refractivity contribution in [3.8, 4) is 5.75 Å². The van der Waals surface area contributed by atoms with Crippen molar-refractivity contribution in [1.82, 2.24) is 0 Å². The number of carbonyl (C=O) groups is 2. The molecule has 0 amide bonds. The molecule has 0 bridgehead atoms. The van der Waals surface area contributed by atoms with E-state index in [2.05, 4.69) is 31.9 Å². The first-order valence-corrected chi connectivity index (χ1v) is 7.07. The molecule has 0 radical (unpaired) electrons. The van der Waals surface area contributed by atoms with Gasteiger partial charge in [-0.3, -0.25) is 4.79 Å². The van der Waals surface area contributed by atoms with Gasteiger partial charge in [-0.2, -0.15) is 0 Å². The summed E-state index contributed by atoms with van der Waals surface area (Å²) < 4.78 is 11.6. The number of rotatable bonds is 6. The molecule has 0 atom stereocenters. The zero-order chi connectivity index (χ0) is 14.3. The van der Waals surface area contributed by atoms with E-state index in [4.69, 9.17) is 9.47 Å². The number of hydrogen-bond acceptors (Lipinski definition) is 4. The number of carbonyl (C=O) groups excluding carboxylic acids is 2. The maximum Gasteiger partial charge on any atom is 0.330 e. The first-order valence-electron chi connectivity index (χ1n) is 5.48. The van der Waals surface area contributed by atoms with Gasteiger partial charge < -0.3 is 9.47 Å². The third-order valence-electron chi connectivity index (χ3n) is 2.03. The standard InChI is InChI=1S/C13H12Br2O4/c1-2-18-12(17)4-3-5-19-13-9(8-16)6-10(14)7-11(13)15/h3-4,6-8H,2,5H2,1H3. The Bertz CT molecular complexity index is 498. The zero-order valence-corrected chi connectivity index (χ0v) is 13.4. The van der Waals surface area contributed by atoms with E-state index >= 15 is 0 Å². The van der Waals surface area contributed by atoms with Crippen LogP contribution >= 0.6 is 31.9 Å². The number of ether oxygens (including phenoxy) is 2. The van der Waals surface area contributed by atoms with Gasteiger partial charge in [0, 0.05) is 10.5 Å². The van der Waals surface area contributed by atoms with E-state index in [9.17, 15) is 9.59 Å². The minimum atomic E-state index is -0.420. The van der Waals surface area contributed by atoms with Gasteiger partial charge in [-0.15, -0.1) is 0 Å². The molecule has 0 N–H and O–H groups in total. The summed E-state index contributed by atoms with van der Waals surface area (Å²) in [5.74, 6) is 0.0169. The third-order valence-corrected chi connectivity index (χ3v) is 3.08. The summed E-state index contributed by atoms with van der Waals surface area (Å²) in [7, 11) is 0. The predicted molar refractivity (Wildman–Crippen MR) is 78.5 cm³/mol. The Morgan fingerprint density at radius 3 is 2.74 bits per heavy atom. The molecule has 6 heteroatoms. The van der Waals surface area contributed by atoms with Gasteiger partial charge in [0.15, 0.2) is 6.29 Å². The lowest BCUT2D eigenvalue weighted by molar-refractivity contribution is -0.137. The molecule has 19 heavy (non-hydrogen) atoms. The number of aldehydes is 1. The molecule has 0 aliphatic heterocycles. The van der Waals surface area contributed by atoms with Gasteiger partial charge >= 0.3 is 5.97 Å². The maximum atomic E-state index is 11.1. The Morgan fingerprint density at radius 1 is 1.37 bits per heavy atom. The van der Waals surface area contributed by atoms with E-state index in [1.165, 1.54) is 12.2 Å². The summed E-state index contributed by atoms with van der Waals surface area (Å²) in [6.45, 7) is 2.23. The van der Waals surface area contributed by atoms with Crippen LogP contribution < -0.4 is 4.74 Å². The second kappa shape index (κ2) is 8.12. The van der Waals surface area contributed by atoms with Gasteiger partial charge in [-0.1, -0.05) is 15.9 Å². The van der Waals surface area contributed by atoms with E-state index in [0.29, 0.717) is 28.7 Å². The average molecular weight is 392 g/mol. The molecule has 1 aromatic rings. The van der Waals surface area contributed by atoms with Gasteiger partial charge in [0.1, 0.15) is 12.4 Å². The van der Waals surface area contributed by atoms with Crippen molar-refractivity contribution in [2.45, 2.75) is 6.92 Å². The number of halogens is 2. The fourth-order valence-electron chi connectivity index (χ4n) is 1.29. The zero-order valence-electron chi connectivity index (χ0n) is 10.2. The van der Waals surface area contributed by atoms with Crippen LogP contribution in [-0.2, 0) is 9.53 Å². The topological polar surface area (TPSA) is 52.6 Å². The maximum absolute atomic E-state index is 11.1. The predicted octanol–water partition coefficient (Wildman–Crippen LogP) is 3.52. The molecule has 0 aromatic heterocycles. The molecule has 0 aliphatic carbocycles. The van der Waals surface area contributed by atoms with E-state index in [0.717, 1.165) is 4.47 Å². The Morgan fingerprint density at radius 2 is 2.11 bits per heavy atom. The van der Waals surface area contributed by atoms with Crippen molar-refractivity contribution in [3.63, 3.8) is 0 Å². The Kier molecular flexibility index (Phi) is 6.80. The molecule has 0 heterocycles. The van der Waals surface area contributed by atoms with Crippen molar-refractivity contribution in [3.05, 3.63) is 38.8 Å². The summed E-state index contributed by atoms with van der Waals surface area (Å²) in [5.41, 5.74) is 0.422. The van der Waals surface area contributed by atoms with Crippen molar-refractivity contribution in [2.24, 2.45) is 0 Å². The van der Waals surface area contributed by atoms with Crippen molar-refractivity contribution in [2.75, 3.05) is 13.2 Å². The third kappa shape index (κ3) is 5.16. The van der Waals surface area contributed by atoms with Crippen molar-refractivity contribution >= 4 is 44.1 Å². The summed E-state index contributed by atoms with van der Waals surface area (Å²) in [4.78, 5) is 22.0. The number of benzene rings is 1. The fourth-order valence-corrected chi connectivity index (χ4v) is 2.66. The number of hydrogen-bond donors (Lipinski definition) is 0. The molecule has 0 saturated heterocycles. The van der Waals surface area contributed by atoms with Crippen LogP contribution in [0.3, 0.4) is 0 Å². The van der Waals surface area contributed by atoms with Crippen LogP contribution in [0.15, 0.2) is 33.2 Å². The summed E-state index contributed by atoms with van der Waals surface area (Å²) >= 11 is 6.60. The summed E-state index contributed by atoms with van der Waals surface area (Å²) in [6, 6.07) is 3.43. The van der Waals surface area contributed by atoms with Crippen molar-refractivity contribution in [1.29, 1.82) is 0 Å². The first-order chi connectivity index (χ1) is 9.08. The Labute approximate surface area is 128 Å². The van der Waals surface area contributed by atoms with E-state index in [1.54, 1.807) is 19.1 Å². The average Bonchev–Trinajstić information content (AvgIpc) is 2.36. The lowest BCUT2D eigenvalue weighted by atomic mass is 10.2. The summed E-state index contributed by atoms with van der Waals surface area (Å²) in [5, 5.41) is 0. The largest absolute Gasteiger partial charge is 0.488 e. The van der Waals surface area contributed by atoms with Gasteiger partial charge in [0.05, 0.1) is 16.6 Å². The number of esters is 1. The normalized spacial score (nSPS) is 10.5. The molecule has 102 valence electrons. The SMILES string of the molecule is CCOC(=O)C=CCOc1c(Br)cc(Br)cc1C=O. The molecule has 1 aromatic carbocycles. The molecular formula is C13H12Br2O4. The molecule has 0 saturated carbocycles. The lowest BCUT2D eigenvalue weighted by Crippen LogP contribution is -2.02. The molecule has 0 fully saturated rings.